The molecule has 0 aliphatic heterocycles. The monoisotopic (exact) mass is 393 g/mol. The van der Waals surface area contributed by atoms with Crippen LogP contribution in [0, 0.1) is 6.92 Å². The second-order valence-corrected chi connectivity index (χ2v) is 7.17. The summed E-state index contributed by atoms with van der Waals surface area (Å²) in [6.45, 7) is 3.98. The predicted molar refractivity (Wildman–Crippen MR) is 114 cm³/mol. The summed E-state index contributed by atoms with van der Waals surface area (Å²) in [4.78, 5) is 13.0. The first kappa shape index (κ1) is 20.0. The zero-order chi connectivity index (χ0) is 19.9. The van der Waals surface area contributed by atoms with Gasteiger partial charge in [-0.25, -0.2) is 0 Å². The van der Waals surface area contributed by atoms with E-state index in [4.69, 9.17) is 16.3 Å². The van der Waals surface area contributed by atoms with E-state index in [0.717, 1.165) is 11.1 Å². The van der Waals surface area contributed by atoms with Gasteiger partial charge < -0.3 is 10.1 Å². The molecule has 0 fully saturated rings. The first-order chi connectivity index (χ1) is 13.6. The summed E-state index contributed by atoms with van der Waals surface area (Å²) in [6.07, 6.45) is -0.0524. The second-order valence-electron chi connectivity index (χ2n) is 6.74. The van der Waals surface area contributed by atoms with Gasteiger partial charge in [0.2, 0.25) is 0 Å². The third-order valence-corrected chi connectivity index (χ3v) is 4.80. The highest BCUT2D eigenvalue weighted by Crippen LogP contribution is 2.24. The van der Waals surface area contributed by atoms with Gasteiger partial charge in [0, 0.05) is 5.02 Å². The zero-order valence-electron chi connectivity index (χ0n) is 16.1. The van der Waals surface area contributed by atoms with Crippen LogP contribution >= 0.6 is 11.6 Å². The minimum Gasteiger partial charge on any atom is -0.481 e. The molecule has 2 atom stereocenters. The van der Waals surface area contributed by atoms with Crippen molar-refractivity contribution in [1.82, 2.24) is 5.32 Å². The van der Waals surface area contributed by atoms with E-state index < -0.39 is 6.10 Å². The van der Waals surface area contributed by atoms with Crippen LogP contribution in [0.3, 0.4) is 0 Å². The first-order valence-corrected chi connectivity index (χ1v) is 9.78. The van der Waals surface area contributed by atoms with Gasteiger partial charge in [0.05, 0.1) is 6.04 Å². The largest absolute Gasteiger partial charge is 0.481 e. The van der Waals surface area contributed by atoms with Crippen LogP contribution in [0.25, 0.3) is 0 Å². The summed E-state index contributed by atoms with van der Waals surface area (Å²) in [5, 5.41) is 3.74. The molecule has 3 aromatic carbocycles. The maximum Gasteiger partial charge on any atom is 0.261 e. The van der Waals surface area contributed by atoms with Gasteiger partial charge in [-0.2, -0.15) is 0 Å². The Bertz CT molecular complexity index is 909. The summed E-state index contributed by atoms with van der Waals surface area (Å²) in [6, 6.07) is 25.0. The van der Waals surface area contributed by atoms with Crippen LogP contribution in [-0.4, -0.2) is 12.0 Å². The Hall–Kier alpha value is -2.78. The lowest BCUT2D eigenvalue weighted by atomic mass is 9.97. The van der Waals surface area contributed by atoms with Crippen LogP contribution in [0.4, 0.5) is 0 Å². The number of carbonyl (C=O) groups excluding carboxylic acids is 1. The van der Waals surface area contributed by atoms with Gasteiger partial charge in [0.25, 0.3) is 5.91 Å². The van der Waals surface area contributed by atoms with E-state index in [1.807, 2.05) is 56.3 Å². The number of ether oxygens (including phenoxy) is 1. The van der Waals surface area contributed by atoms with Crippen molar-refractivity contribution in [3.63, 3.8) is 0 Å². The highest BCUT2D eigenvalue weighted by Gasteiger charge is 2.23. The number of rotatable bonds is 7. The molecule has 0 aliphatic rings. The van der Waals surface area contributed by atoms with E-state index in [2.05, 4.69) is 17.4 Å². The molecule has 0 bridgehead atoms. The highest BCUT2D eigenvalue weighted by molar-refractivity contribution is 6.30. The van der Waals surface area contributed by atoms with Crippen molar-refractivity contribution >= 4 is 17.5 Å². The van der Waals surface area contributed by atoms with Gasteiger partial charge in [0.15, 0.2) is 6.10 Å². The van der Waals surface area contributed by atoms with Crippen LogP contribution in [-0.2, 0) is 4.79 Å². The molecule has 1 amide bonds. The molecular formula is C24H24ClNO2. The average molecular weight is 394 g/mol. The van der Waals surface area contributed by atoms with Crippen molar-refractivity contribution in [2.24, 2.45) is 0 Å². The smallest absolute Gasteiger partial charge is 0.261 e. The summed E-state index contributed by atoms with van der Waals surface area (Å²) in [5.74, 6) is 0.429. The lowest BCUT2D eigenvalue weighted by Crippen LogP contribution is -2.40. The summed E-state index contributed by atoms with van der Waals surface area (Å²) in [5.41, 5.74) is 3.23. The molecular weight excluding hydrogens is 370 g/mol. The molecule has 144 valence electrons. The number of aryl methyl sites for hydroxylation is 1. The van der Waals surface area contributed by atoms with Gasteiger partial charge in [-0.1, -0.05) is 84.8 Å². The Morgan fingerprint density at radius 1 is 0.964 bits per heavy atom. The van der Waals surface area contributed by atoms with Gasteiger partial charge in [0.1, 0.15) is 5.75 Å². The number of hydrogen-bond acceptors (Lipinski definition) is 2. The molecule has 0 saturated heterocycles. The number of halogens is 1. The Kier molecular flexibility index (Phi) is 6.72. The van der Waals surface area contributed by atoms with Gasteiger partial charge in [-0.3, -0.25) is 4.79 Å². The average Bonchev–Trinajstić information content (AvgIpc) is 2.71. The molecule has 28 heavy (non-hydrogen) atoms. The van der Waals surface area contributed by atoms with Crippen LogP contribution in [0.1, 0.15) is 36.1 Å². The number of nitrogens with one attached hydrogen (secondary N) is 1. The molecule has 0 aliphatic carbocycles. The van der Waals surface area contributed by atoms with Crippen molar-refractivity contribution in [2.75, 3.05) is 0 Å². The number of benzene rings is 3. The summed E-state index contributed by atoms with van der Waals surface area (Å²) in [7, 11) is 0. The standard InChI is InChI=1S/C24H24ClNO2/c1-3-22(28-21-11-7-10-20(25)16-21)24(27)26-23(18-8-5-4-6-9-18)19-14-12-17(2)13-15-19/h4-16,22-23H,3H2,1-2H3,(H,26,27)/t22-,23+/m1/s1. The molecule has 0 spiro atoms. The predicted octanol–water partition coefficient (Wildman–Crippen LogP) is 5.71. The number of amides is 1. The molecule has 0 heterocycles. The van der Waals surface area contributed by atoms with Gasteiger partial charge in [-0.05, 0) is 42.7 Å². The topological polar surface area (TPSA) is 38.3 Å². The van der Waals surface area contributed by atoms with Gasteiger partial charge in [-0.15, -0.1) is 0 Å². The molecule has 0 saturated carbocycles. The summed E-state index contributed by atoms with van der Waals surface area (Å²) >= 11 is 6.03. The molecule has 3 rings (SSSR count). The Morgan fingerprint density at radius 2 is 1.64 bits per heavy atom. The maximum absolute atomic E-state index is 13.0. The van der Waals surface area contributed by atoms with Crippen LogP contribution in [0.15, 0.2) is 78.9 Å². The molecule has 1 N–H and O–H groups in total. The van der Waals surface area contributed by atoms with E-state index >= 15 is 0 Å². The second kappa shape index (κ2) is 9.43. The Balaban J connectivity index is 1.82. The summed E-state index contributed by atoms with van der Waals surface area (Å²) < 4.78 is 5.90. The fraction of sp³-hybridized carbons (Fsp3) is 0.208. The van der Waals surface area contributed by atoms with Crippen molar-refractivity contribution in [3.8, 4) is 5.75 Å². The van der Waals surface area contributed by atoms with Crippen LogP contribution in [0.2, 0.25) is 5.02 Å². The molecule has 3 aromatic rings. The third-order valence-electron chi connectivity index (χ3n) is 4.57. The van der Waals surface area contributed by atoms with Crippen molar-refractivity contribution < 1.29 is 9.53 Å². The van der Waals surface area contributed by atoms with E-state index in [-0.39, 0.29) is 11.9 Å². The lowest BCUT2D eigenvalue weighted by Gasteiger charge is -2.24. The highest BCUT2D eigenvalue weighted by atomic mass is 35.5. The van der Waals surface area contributed by atoms with Crippen molar-refractivity contribution in [1.29, 1.82) is 0 Å². The van der Waals surface area contributed by atoms with E-state index in [9.17, 15) is 4.79 Å². The lowest BCUT2D eigenvalue weighted by molar-refractivity contribution is -0.128. The minimum atomic E-state index is -0.602. The molecule has 0 radical (unpaired) electrons. The Morgan fingerprint density at radius 3 is 2.29 bits per heavy atom. The SMILES string of the molecule is CC[C@@H](Oc1cccc(Cl)c1)C(=O)N[C@@H](c1ccccc1)c1ccc(C)cc1. The van der Waals surface area contributed by atoms with Crippen molar-refractivity contribution in [2.45, 2.75) is 32.4 Å². The van der Waals surface area contributed by atoms with Crippen LogP contribution in [0.5, 0.6) is 5.75 Å². The van der Waals surface area contributed by atoms with Gasteiger partial charge >= 0.3 is 0 Å². The maximum atomic E-state index is 13.0. The van der Waals surface area contributed by atoms with E-state index in [0.29, 0.717) is 17.2 Å². The molecule has 0 aromatic heterocycles. The number of hydrogen-bond donors (Lipinski definition) is 1. The van der Waals surface area contributed by atoms with Crippen LogP contribution < -0.4 is 10.1 Å². The first-order valence-electron chi connectivity index (χ1n) is 9.41. The number of carbonyl (C=O) groups is 1. The fourth-order valence-corrected chi connectivity index (χ4v) is 3.21. The molecule has 4 heteroatoms. The zero-order valence-corrected chi connectivity index (χ0v) is 16.8. The normalized spacial score (nSPS) is 12.8. The van der Waals surface area contributed by atoms with Crippen molar-refractivity contribution in [3.05, 3.63) is 101 Å². The third kappa shape index (κ3) is 5.14. The molecule has 3 nitrogen and oxygen atoms in total. The Labute approximate surface area is 171 Å². The fourth-order valence-electron chi connectivity index (χ4n) is 3.03. The molecule has 0 unspecified atom stereocenters. The van der Waals surface area contributed by atoms with E-state index in [1.165, 1.54) is 5.56 Å². The minimum absolute atomic E-state index is 0.156. The van der Waals surface area contributed by atoms with E-state index in [1.54, 1.807) is 24.3 Å². The quantitative estimate of drug-likeness (QED) is 0.558.